The van der Waals surface area contributed by atoms with Crippen molar-refractivity contribution >= 4 is 5.95 Å². The van der Waals surface area contributed by atoms with Crippen molar-refractivity contribution in [2.24, 2.45) is 0 Å². The van der Waals surface area contributed by atoms with Crippen LogP contribution in [0, 0.1) is 0 Å². The monoisotopic (exact) mass is 275 g/mol. The SMILES string of the molecule is COc1ccc(CNc2ncccn2)c(OC)c1OC. The lowest BCUT2D eigenvalue weighted by Gasteiger charge is -2.16. The van der Waals surface area contributed by atoms with E-state index in [1.807, 2.05) is 12.1 Å². The first-order valence-electron chi connectivity index (χ1n) is 6.09. The van der Waals surface area contributed by atoms with E-state index in [4.69, 9.17) is 14.2 Å². The number of nitrogens with one attached hydrogen (secondary N) is 1. The summed E-state index contributed by atoms with van der Waals surface area (Å²) in [6.07, 6.45) is 3.36. The van der Waals surface area contributed by atoms with Gasteiger partial charge >= 0.3 is 0 Å². The van der Waals surface area contributed by atoms with Gasteiger partial charge in [-0.15, -0.1) is 0 Å². The highest BCUT2D eigenvalue weighted by molar-refractivity contribution is 5.56. The van der Waals surface area contributed by atoms with Crippen LogP contribution in [0.4, 0.5) is 5.95 Å². The normalized spacial score (nSPS) is 9.95. The van der Waals surface area contributed by atoms with E-state index >= 15 is 0 Å². The molecule has 1 heterocycles. The molecule has 0 aliphatic carbocycles. The predicted molar refractivity (Wildman–Crippen MR) is 75.5 cm³/mol. The van der Waals surface area contributed by atoms with Crippen molar-refractivity contribution in [2.75, 3.05) is 26.6 Å². The van der Waals surface area contributed by atoms with Gasteiger partial charge in [0.1, 0.15) is 0 Å². The first kappa shape index (κ1) is 13.9. The molecule has 1 aromatic heterocycles. The van der Waals surface area contributed by atoms with Crippen LogP contribution < -0.4 is 19.5 Å². The second-order valence-electron chi connectivity index (χ2n) is 3.92. The Hall–Kier alpha value is -2.50. The number of ether oxygens (including phenoxy) is 3. The maximum Gasteiger partial charge on any atom is 0.222 e. The summed E-state index contributed by atoms with van der Waals surface area (Å²) in [5.41, 5.74) is 0.928. The Kier molecular flexibility index (Phi) is 4.60. The van der Waals surface area contributed by atoms with Gasteiger partial charge in [-0.25, -0.2) is 9.97 Å². The number of aromatic nitrogens is 2. The van der Waals surface area contributed by atoms with Crippen LogP contribution in [-0.4, -0.2) is 31.3 Å². The molecule has 0 saturated heterocycles. The van der Waals surface area contributed by atoms with E-state index in [-0.39, 0.29) is 0 Å². The zero-order chi connectivity index (χ0) is 14.4. The minimum Gasteiger partial charge on any atom is -0.493 e. The van der Waals surface area contributed by atoms with E-state index in [0.29, 0.717) is 29.7 Å². The number of rotatable bonds is 6. The highest BCUT2D eigenvalue weighted by Gasteiger charge is 2.15. The van der Waals surface area contributed by atoms with Crippen LogP contribution in [0.2, 0.25) is 0 Å². The van der Waals surface area contributed by atoms with Gasteiger partial charge in [-0.1, -0.05) is 0 Å². The first-order chi connectivity index (χ1) is 9.80. The molecule has 0 amide bonds. The van der Waals surface area contributed by atoms with Crippen LogP contribution in [0.5, 0.6) is 17.2 Å². The lowest BCUT2D eigenvalue weighted by atomic mass is 10.1. The molecule has 0 radical (unpaired) electrons. The Bertz CT molecular complexity index is 561. The Morgan fingerprint density at radius 3 is 2.25 bits per heavy atom. The fraction of sp³-hybridized carbons (Fsp3) is 0.286. The largest absolute Gasteiger partial charge is 0.493 e. The number of hydrogen-bond acceptors (Lipinski definition) is 6. The summed E-state index contributed by atoms with van der Waals surface area (Å²) in [7, 11) is 4.77. The maximum atomic E-state index is 5.41. The van der Waals surface area contributed by atoms with Crippen molar-refractivity contribution in [3.8, 4) is 17.2 Å². The molecule has 0 unspecified atom stereocenters. The molecule has 106 valence electrons. The van der Waals surface area contributed by atoms with Crippen LogP contribution in [0.15, 0.2) is 30.6 Å². The summed E-state index contributed by atoms with van der Waals surface area (Å²) >= 11 is 0. The molecule has 6 nitrogen and oxygen atoms in total. The lowest BCUT2D eigenvalue weighted by molar-refractivity contribution is 0.322. The highest BCUT2D eigenvalue weighted by atomic mass is 16.5. The molecule has 1 aromatic carbocycles. The molecule has 0 fully saturated rings. The molecule has 0 spiro atoms. The van der Waals surface area contributed by atoms with Gasteiger partial charge in [0.25, 0.3) is 0 Å². The minimum absolute atomic E-state index is 0.521. The van der Waals surface area contributed by atoms with E-state index in [2.05, 4.69) is 15.3 Å². The lowest BCUT2D eigenvalue weighted by Crippen LogP contribution is -2.06. The molecule has 2 aromatic rings. The summed E-state index contributed by atoms with van der Waals surface area (Å²) in [5, 5.41) is 3.13. The number of anilines is 1. The molecular weight excluding hydrogens is 258 g/mol. The Morgan fingerprint density at radius 1 is 0.950 bits per heavy atom. The van der Waals surface area contributed by atoms with Crippen LogP contribution in [-0.2, 0) is 6.54 Å². The van der Waals surface area contributed by atoms with Crippen LogP contribution in [0.3, 0.4) is 0 Å². The number of nitrogens with zero attached hydrogens (tertiary/aromatic N) is 2. The fourth-order valence-electron chi connectivity index (χ4n) is 1.87. The van der Waals surface area contributed by atoms with E-state index < -0.39 is 0 Å². The van der Waals surface area contributed by atoms with E-state index in [1.54, 1.807) is 39.8 Å². The molecule has 0 saturated carbocycles. The van der Waals surface area contributed by atoms with Crippen molar-refractivity contribution in [2.45, 2.75) is 6.54 Å². The summed E-state index contributed by atoms with van der Waals surface area (Å²) in [4.78, 5) is 8.21. The van der Waals surface area contributed by atoms with Crippen LogP contribution >= 0.6 is 0 Å². The van der Waals surface area contributed by atoms with Gasteiger partial charge in [-0.05, 0) is 18.2 Å². The van der Waals surface area contributed by atoms with Gasteiger partial charge in [-0.2, -0.15) is 0 Å². The molecule has 6 heteroatoms. The number of benzene rings is 1. The second kappa shape index (κ2) is 6.60. The zero-order valence-corrected chi connectivity index (χ0v) is 11.7. The fourth-order valence-corrected chi connectivity index (χ4v) is 1.87. The third kappa shape index (κ3) is 2.90. The molecule has 1 N–H and O–H groups in total. The quantitative estimate of drug-likeness (QED) is 0.871. The average Bonchev–Trinajstić information content (AvgIpc) is 2.52. The molecular formula is C14H17N3O3. The van der Waals surface area contributed by atoms with Crippen molar-refractivity contribution in [1.82, 2.24) is 9.97 Å². The van der Waals surface area contributed by atoms with Crippen molar-refractivity contribution < 1.29 is 14.2 Å². The molecule has 2 rings (SSSR count). The summed E-state index contributed by atoms with van der Waals surface area (Å²) in [6, 6.07) is 5.52. The van der Waals surface area contributed by atoms with E-state index in [9.17, 15) is 0 Å². The third-order valence-corrected chi connectivity index (χ3v) is 2.79. The van der Waals surface area contributed by atoms with Gasteiger partial charge < -0.3 is 19.5 Å². The summed E-state index contributed by atoms with van der Waals surface area (Å²) in [5.74, 6) is 2.40. The molecule has 0 atom stereocenters. The highest BCUT2D eigenvalue weighted by Crippen LogP contribution is 2.39. The van der Waals surface area contributed by atoms with Crippen molar-refractivity contribution in [3.05, 3.63) is 36.2 Å². The molecule has 0 aliphatic rings. The zero-order valence-electron chi connectivity index (χ0n) is 11.7. The van der Waals surface area contributed by atoms with Gasteiger partial charge in [0.05, 0.1) is 21.3 Å². The molecule has 0 bridgehead atoms. The van der Waals surface area contributed by atoms with Crippen LogP contribution in [0.1, 0.15) is 5.56 Å². The Labute approximate surface area is 117 Å². The Morgan fingerprint density at radius 2 is 1.65 bits per heavy atom. The number of methoxy groups -OCH3 is 3. The summed E-state index contributed by atoms with van der Waals surface area (Å²) in [6.45, 7) is 0.521. The van der Waals surface area contributed by atoms with Gasteiger partial charge in [-0.3, -0.25) is 0 Å². The van der Waals surface area contributed by atoms with E-state index in [1.165, 1.54) is 0 Å². The van der Waals surface area contributed by atoms with Crippen LogP contribution in [0.25, 0.3) is 0 Å². The second-order valence-corrected chi connectivity index (χ2v) is 3.92. The maximum absolute atomic E-state index is 5.41. The average molecular weight is 275 g/mol. The molecule has 0 aliphatic heterocycles. The summed E-state index contributed by atoms with van der Waals surface area (Å²) < 4.78 is 16.0. The smallest absolute Gasteiger partial charge is 0.222 e. The van der Waals surface area contributed by atoms with Gasteiger partial charge in [0, 0.05) is 24.5 Å². The first-order valence-corrected chi connectivity index (χ1v) is 6.09. The predicted octanol–water partition coefficient (Wildman–Crippen LogP) is 2.11. The minimum atomic E-state index is 0.521. The standard InChI is InChI=1S/C14H17N3O3/c1-18-11-6-5-10(12(19-2)13(11)20-3)9-17-14-15-7-4-8-16-14/h4-8H,9H2,1-3H3,(H,15,16,17). The third-order valence-electron chi connectivity index (χ3n) is 2.79. The Balaban J connectivity index is 2.23. The van der Waals surface area contributed by atoms with Gasteiger partial charge in [0.2, 0.25) is 11.7 Å². The number of hydrogen-bond donors (Lipinski definition) is 1. The van der Waals surface area contributed by atoms with Crippen molar-refractivity contribution in [3.63, 3.8) is 0 Å². The van der Waals surface area contributed by atoms with E-state index in [0.717, 1.165) is 5.56 Å². The van der Waals surface area contributed by atoms with Gasteiger partial charge in [0.15, 0.2) is 11.5 Å². The molecule has 20 heavy (non-hydrogen) atoms. The van der Waals surface area contributed by atoms with Crippen molar-refractivity contribution in [1.29, 1.82) is 0 Å². The topological polar surface area (TPSA) is 65.5 Å².